The zero-order valence-corrected chi connectivity index (χ0v) is 17.8. The zero-order valence-electron chi connectivity index (χ0n) is 16.9. The maximum atomic E-state index is 11.5. The van der Waals surface area contributed by atoms with Gasteiger partial charge in [-0.3, -0.25) is 13.8 Å². The Kier molecular flexibility index (Phi) is 17.3. The van der Waals surface area contributed by atoms with Crippen LogP contribution in [0.3, 0.4) is 0 Å². The van der Waals surface area contributed by atoms with Gasteiger partial charge in [0.15, 0.2) is 0 Å². The predicted molar refractivity (Wildman–Crippen MR) is 108 cm³/mol. The third kappa shape index (κ3) is 18.7. The Balaban J connectivity index is 3.35. The number of hydrogen-bond acceptors (Lipinski definition) is 5. The van der Waals surface area contributed by atoms with Crippen LogP contribution in [0.25, 0.3) is 0 Å². The molecule has 0 spiro atoms. The summed E-state index contributed by atoms with van der Waals surface area (Å²) in [7, 11) is -4.22. The second kappa shape index (κ2) is 17.6. The van der Waals surface area contributed by atoms with Crippen LogP contribution in [0.15, 0.2) is 0 Å². The Hall–Kier alpha value is -0.460. The molecular weight excluding hydrogens is 369 g/mol. The molecule has 0 saturated carbocycles. The molecule has 0 rings (SSSR count). The van der Waals surface area contributed by atoms with Crippen molar-refractivity contribution in [3.8, 4) is 0 Å². The molecule has 0 bridgehead atoms. The SMILES string of the molecule is CCCCCCCCCCCCCCCCOP(=O)(O)OC[C@H](N)C(=O)O. The van der Waals surface area contributed by atoms with E-state index in [0.29, 0.717) is 6.42 Å². The Labute approximate surface area is 164 Å². The van der Waals surface area contributed by atoms with Crippen LogP contribution in [0.5, 0.6) is 0 Å². The molecule has 1 unspecified atom stereocenters. The zero-order chi connectivity index (χ0) is 20.4. The lowest BCUT2D eigenvalue weighted by Gasteiger charge is -2.13. The lowest BCUT2D eigenvalue weighted by molar-refractivity contribution is -0.139. The lowest BCUT2D eigenvalue weighted by Crippen LogP contribution is -2.34. The Morgan fingerprint density at radius 2 is 1.26 bits per heavy atom. The van der Waals surface area contributed by atoms with E-state index in [9.17, 15) is 14.3 Å². The van der Waals surface area contributed by atoms with Crippen molar-refractivity contribution in [2.75, 3.05) is 13.2 Å². The molecule has 0 aromatic carbocycles. The molecule has 0 aromatic rings. The van der Waals surface area contributed by atoms with E-state index in [-0.39, 0.29) is 6.61 Å². The van der Waals surface area contributed by atoms with E-state index in [1.807, 2.05) is 0 Å². The van der Waals surface area contributed by atoms with Gasteiger partial charge in [0, 0.05) is 0 Å². The molecule has 0 aliphatic rings. The monoisotopic (exact) mass is 409 g/mol. The van der Waals surface area contributed by atoms with Crippen LogP contribution in [0, 0.1) is 0 Å². The molecule has 0 aliphatic heterocycles. The van der Waals surface area contributed by atoms with Crippen LogP contribution in [0.4, 0.5) is 0 Å². The van der Waals surface area contributed by atoms with Crippen molar-refractivity contribution < 1.29 is 28.4 Å². The van der Waals surface area contributed by atoms with E-state index in [2.05, 4.69) is 11.4 Å². The summed E-state index contributed by atoms with van der Waals surface area (Å²) in [4.78, 5) is 19.9. The van der Waals surface area contributed by atoms with Gasteiger partial charge in [0.25, 0.3) is 0 Å². The number of nitrogens with two attached hydrogens (primary N) is 1. The minimum atomic E-state index is -4.22. The number of phosphoric ester groups is 1. The van der Waals surface area contributed by atoms with Crippen molar-refractivity contribution in [1.82, 2.24) is 0 Å². The fourth-order valence-electron chi connectivity index (χ4n) is 2.76. The summed E-state index contributed by atoms with van der Waals surface area (Å²) >= 11 is 0. The van der Waals surface area contributed by atoms with E-state index in [1.54, 1.807) is 0 Å². The second-order valence-corrected chi connectivity index (χ2v) is 8.59. The summed E-state index contributed by atoms with van der Waals surface area (Å²) in [6, 6.07) is -1.34. The van der Waals surface area contributed by atoms with E-state index in [0.717, 1.165) is 12.8 Å². The molecule has 27 heavy (non-hydrogen) atoms. The average Bonchev–Trinajstić information content (AvgIpc) is 2.62. The molecule has 0 aliphatic carbocycles. The van der Waals surface area contributed by atoms with Crippen LogP contribution in [-0.2, 0) is 18.4 Å². The Morgan fingerprint density at radius 3 is 1.67 bits per heavy atom. The fourth-order valence-corrected chi connectivity index (χ4v) is 3.54. The molecular formula is C19H40NO6P. The largest absolute Gasteiger partial charge is 0.480 e. The maximum absolute atomic E-state index is 11.5. The average molecular weight is 410 g/mol. The summed E-state index contributed by atoms with van der Waals surface area (Å²) in [5, 5.41) is 8.58. The number of phosphoric acid groups is 1. The van der Waals surface area contributed by atoms with Crippen molar-refractivity contribution >= 4 is 13.8 Å². The van der Waals surface area contributed by atoms with Gasteiger partial charge < -0.3 is 15.7 Å². The number of unbranched alkanes of at least 4 members (excludes halogenated alkanes) is 13. The molecule has 0 amide bonds. The van der Waals surface area contributed by atoms with Crippen molar-refractivity contribution in [3.05, 3.63) is 0 Å². The molecule has 0 fully saturated rings. The Bertz CT molecular complexity index is 408. The predicted octanol–water partition coefficient (Wildman–Crippen LogP) is 5.01. The first kappa shape index (κ1) is 26.5. The number of hydrogen-bond donors (Lipinski definition) is 3. The van der Waals surface area contributed by atoms with E-state index in [1.165, 1.54) is 70.6 Å². The first-order valence-corrected chi connectivity index (χ1v) is 12.0. The molecule has 162 valence electrons. The summed E-state index contributed by atoms with van der Waals surface area (Å²) in [5.41, 5.74) is 5.20. The van der Waals surface area contributed by atoms with Crippen molar-refractivity contribution in [1.29, 1.82) is 0 Å². The first-order valence-electron chi connectivity index (χ1n) is 10.5. The fraction of sp³-hybridized carbons (Fsp3) is 0.947. The van der Waals surface area contributed by atoms with Crippen LogP contribution in [0.1, 0.15) is 96.8 Å². The number of carboxylic acid groups (broad SMARTS) is 1. The van der Waals surface area contributed by atoms with Crippen LogP contribution in [0.2, 0.25) is 0 Å². The van der Waals surface area contributed by atoms with Gasteiger partial charge >= 0.3 is 13.8 Å². The summed E-state index contributed by atoms with van der Waals surface area (Å²) in [6.45, 7) is 1.81. The van der Waals surface area contributed by atoms with Crippen LogP contribution in [-0.4, -0.2) is 35.2 Å². The van der Waals surface area contributed by atoms with Gasteiger partial charge in [-0.05, 0) is 6.42 Å². The van der Waals surface area contributed by atoms with Gasteiger partial charge in [-0.25, -0.2) is 4.57 Å². The number of aliphatic carboxylic acids is 1. The summed E-state index contributed by atoms with van der Waals surface area (Å²) in [5.74, 6) is -1.29. The van der Waals surface area contributed by atoms with Gasteiger partial charge in [0.05, 0.1) is 13.2 Å². The van der Waals surface area contributed by atoms with Crippen molar-refractivity contribution in [2.24, 2.45) is 5.73 Å². The van der Waals surface area contributed by atoms with Gasteiger partial charge in [0.2, 0.25) is 0 Å². The number of carboxylic acids is 1. The highest BCUT2D eigenvalue weighted by Crippen LogP contribution is 2.43. The van der Waals surface area contributed by atoms with Gasteiger partial charge in [0.1, 0.15) is 6.04 Å². The van der Waals surface area contributed by atoms with E-state index >= 15 is 0 Å². The molecule has 7 nitrogen and oxygen atoms in total. The highest BCUT2D eigenvalue weighted by Gasteiger charge is 2.24. The quantitative estimate of drug-likeness (QED) is 0.191. The smallest absolute Gasteiger partial charge is 0.472 e. The topological polar surface area (TPSA) is 119 Å². The second-order valence-electron chi connectivity index (χ2n) is 7.14. The minimum Gasteiger partial charge on any atom is -0.480 e. The van der Waals surface area contributed by atoms with Crippen LogP contribution < -0.4 is 5.73 Å². The normalized spacial score (nSPS) is 14.8. The number of carbonyl (C=O) groups is 1. The van der Waals surface area contributed by atoms with Crippen molar-refractivity contribution in [3.63, 3.8) is 0 Å². The molecule has 0 saturated heterocycles. The summed E-state index contributed by atoms with van der Waals surface area (Å²) in [6.07, 6.45) is 17.2. The van der Waals surface area contributed by atoms with E-state index < -0.39 is 26.4 Å². The van der Waals surface area contributed by atoms with E-state index in [4.69, 9.17) is 15.4 Å². The molecule has 0 aromatic heterocycles. The van der Waals surface area contributed by atoms with Crippen molar-refractivity contribution in [2.45, 2.75) is 103 Å². The Morgan fingerprint density at radius 1 is 0.852 bits per heavy atom. The maximum Gasteiger partial charge on any atom is 0.472 e. The standard InChI is InChI=1S/C19H40NO6P/c1-2-3-4-5-6-7-8-9-10-11-12-13-14-15-16-25-27(23,24)26-17-18(20)19(21)22/h18H,2-17,20H2,1H3,(H,21,22)(H,23,24)/t18-/m0/s1. The minimum absolute atomic E-state index is 0.119. The van der Waals surface area contributed by atoms with Gasteiger partial charge in [-0.2, -0.15) is 0 Å². The first-order chi connectivity index (χ1) is 12.9. The highest BCUT2D eigenvalue weighted by molar-refractivity contribution is 7.47. The third-order valence-electron chi connectivity index (χ3n) is 4.49. The molecule has 4 N–H and O–H groups in total. The molecule has 0 heterocycles. The lowest BCUT2D eigenvalue weighted by atomic mass is 10.0. The summed E-state index contributed by atoms with van der Waals surface area (Å²) < 4.78 is 20.9. The van der Waals surface area contributed by atoms with Gasteiger partial charge in [-0.1, -0.05) is 90.4 Å². The molecule has 8 heteroatoms. The van der Waals surface area contributed by atoms with Gasteiger partial charge in [-0.15, -0.1) is 0 Å². The molecule has 0 radical (unpaired) electrons. The number of rotatable bonds is 20. The molecule has 2 atom stereocenters. The third-order valence-corrected chi connectivity index (χ3v) is 5.47. The van der Waals surface area contributed by atoms with Crippen LogP contribution >= 0.6 is 7.82 Å². The highest BCUT2D eigenvalue weighted by atomic mass is 31.2.